The molecule has 3 heterocycles. The number of nitrogens with one attached hydrogen (secondary N) is 2. The van der Waals surface area contributed by atoms with Gasteiger partial charge in [0.15, 0.2) is 11.9 Å². The van der Waals surface area contributed by atoms with Crippen molar-refractivity contribution in [2.75, 3.05) is 11.9 Å². The van der Waals surface area contributed by atoms with Gasteiger partial charge in [-0.3, -0.25) is 19.9 Å². The van der Waals surface area contributed by atoms with Crippen molar-refractivity contribution >= 4 is 22.9 Å². The highest BCUT2D eigenvalue weighted by Crippen LogP contribution is 2.31. The van der Waals surface area contributed by atoms with Gasteiger partial charge in [0.2, 0.25) is 11.9 Å². The number of aromatic nitrogens is 3. The number of aliphatic hydroxyl groups is 3. The number of hydrogen-bond donors (Lipinski definition) is 5. The summed E-state index contributed by atoms with van der Waals surface area (Å²) in [5.41, 5.74) is -0.285. The summed E-state index contributed by atoms with van der Waals surface area (Å²) in [4.78, 5) is 30.7. The highest BCUT2D eigenvalue weighted by Gasteiger charge is 2.43. The topological polar surface area (TPSA) is 150 Å². The molecule has 2 aromatic rings. The molecule has 4 atom stereocenters. The highest BCUT2D eigenvalue weighted by atomic mass is 16.6. The Morgan fingerprint density at radius 3 is 2.76 bits per heavy atom. The van der Waals surface area contributed by atoms with Crippen LogP contribution in [0.4, 0.5) is 5.95 Å². The molecule has 1 fully saturated rings. The zero-order chi connectivity index (χ0) is 18.3. The fourth-order valence-corrected chi connectivity index (χ4v) is 2.68. The van der Waals surface area contributed by atoms with Gasteiger partial charge in [0.25, 0.3) is 5.56 Å². The first kappa shape index (κ1) is 17.5. The maximum Gasteiger partial charge on any atom is 0.261 e. The van der Waals surface area contributed by atoms with Crippen molar-refractivity contribution < 1.29 is 24.9 Å². The zero-order valence-corrected chi connectivity index (χ0v) is 13.7. The van der Waals surface area contributed by atoms with E-state index in [1.807, 2.05) is 0 Å². The summed E-state index contributed by atoms with van der Waals surface area (Å²) < 4.78 is 6.85. The molecule has 0 unspecified atom stereocenters. The zero-order valence-electron chi connectivity index (χ0n) is 13.7. The second-order valence-corrected chi connectivity index (χ2v) is 6.25. The molecule has 0 aromatic carbocycles. The average molecular weight is 352 g/mol. The molecule has 2 aromatic heterocycles. The summed E-state index contributed by atoms with van der Waals surface area (Å²) in [6.07, 6.45) is -3.05. The molecule has 10 heteroatoms. The average Bonchev–Trinajstić information content (AvgIpc) is 3.10. The SMILES string of the molecule is CC(C)C(=O)Nc1nc2c(ccn2[C@@H]2O[C@H](CO)[C@@H](O)[C@H]2O)c(=O)[nH]1. The van der Waals surface area contributed by atoms with E-state index in [0.717, 1.165) is 0 Å². The molecule has 136 valence electrons. The smallest absolute Gasteiger partial charge is 0.261 e. The lowest BCUT2D eigenvalue weighted by atomic mass is 10.1. The van der Waals surface area contributed by atoms with E-state index in [1.54, 1.807) is 13.8 Å². The Morgan fingerprint density at radius 1 is 1.44 bits per heavy atom. The summed E-state index contributed by atoms with van der Waals surface area (Å²) in [6, 6.07) is 1.49. The van der Waals surface area contributed by atoms with Crippen molar-refractivity contribution in [3.05, 3.63) is 22.6 Å². The van der Waals surface area contributed by atoms with Crippen LogP contribution in [0.5, 0.6) is 0 Å². The molecule has 1 saturated heterocycles. The van der Waals surface area contributed by atoms with Crippen molar-refractivity contribution in [2.24, 2.45) is 5.92 Å². The minimum atomic E-state index is -1.30. The molecule has 25 heavy (non-hydrogen) atoms. The van der Waals surface area contributed by atoms with E-state index >= 15 is 0 Å². The lowest BCUT2D eigenvalue weighted by molar-refractivity contribution is -0.118. The van der Waals surface area contributed by atoms with E-state index in [0.29, 0.717) is 0 Å². The van der Waals surface area contributed by atoms with Crippen LogP contribution in [-0.2, 0) is 9.53 Å². The number of anilines is 1. The molecule has 10 nitrogen and oxygen atoms in total. The number of ether oxygens (including phenoxy) is 1. The summed E-state index contributed by atoms with van der Waals surface area (Å²) in [5, 5.41) is 32.0. The molecule has 3 rings (SSSR count). The van der Waals surface area contributed by atoms with Gasteiger partial charge in [0.1, 0.15) is 18.3 Å². The fourth-order valence-electron chi connectivity index (χ4n) is 2.68. The number of hydrogen-bond acceptors (Lipinski definition) is 7. The molecule has 5 N–H and O–H groups in total. The van der Waals surface area contributed by atoms with E-state index < -0.39 is 36.7 Å². The normalized spacial score (nSPS) is 26.5. The van der Waals surface area contributed by atoms with Crippen LogP contribution in [-0.4, -0.2) is 60.7 Å². The minimum Gasteiger partial charge on any atom is -0.394 e. The largest absolute Gasteiger partial charge is 0.394 e. The van der Waals surface area contributed by atoms with Gasteiger partial charge in [-0.1, -0.05) is 13.8 Å². The number of fused-ring (bicyclic) bond motifs is 1. The summed E-state index contributed by atoms with van der Waals surface area (Å²) in [6.45, 7) is 2.94. The first-order valence-corrected chi connectivity index (χ1v) is 7.87. The second kappa shape index (κ2) is 6.56. The van der Waals surface area contributed by atoms with Crippen molar-refractivity contribution in [1.82, 2.24) is 14.5 Å². The van der Waals surface area contributed by atoms with Crippen molar-refractivity contribution in [1.29, 1.82) is 0 Å². The number of amides is 1. The van der Waals surface area contributed by atoms with E-state index in [1.165, 1.54) is 16.8 Å². The molecule has 1 aliphatic heterocycles. The van der Waals surface area contributed by atoms with Crippen LogP contribution in [0.3, 0.4) is 0 Å². The van der Waals surface area contributed by atoms with Crippen LogP contribution < -0.4 is 10.9 Å². The predicted molar refractivity (Wildman–Crippen MR) is 86.8 cm³/mol. The summed E-state index contributed by atoms with van der Waals surface area (Å²) >= 11 is 0. The number of carbonyl (C=O) groups excluding carboxylic acids is 1. The lowest BCUT2D eigenvalue weighted by Gasteiger charge is -2.17. The summed E-state index contributed by atoms with van der Waals surface area (Å²) in [7, 11) is 0. The molecule has 0 aliphatic carbocycles. The number of carbonyl (C=O) groups is 1. The standard InChI is InChI=1S/C15H20N4O6/c1-6(2)12(23)17-15-16-11-7(13(24)18-15)3-4-19(11)14-10(22)9(21)8(5-20)25-14/h3-4,6,8-10,14,20-22H,5H2,1-2H3,(H2,16,17,18,23,24)/t8-,9-,10-,14-/m1/s1. The molecule has 1 aliphatic rings. The Labute approximate surface area is 142 Å². The maximum atomic E-state index is 12.2. The third-order valence-electron chi connectivity index (χ3n) is 4.14. The third-order valence-corrected chi connectivity index (χ3v) is 4.14. The predicted octanol–water partition coefficient (Wildman–Crippen LogP) is -1.07. The van der Waals surface area contributed by atoms with Gasteiger partial charge in [-0.2, -0.15) is 4.98 Å². The van der Waals surface area contributed by atoms with Crippen molar-refractivity contribution in [2.45, 2.75) is 38.4 Å². The Bertz CT molecular complexity index is 844. The van der Waals surface area contributed by atoms with Gasteiger partial charge in [0.05, 0.1) is 12.0 Å². The first-order valence-electron chi connectivity index (χ1n) is 7.87. The quantitative estimate of drug-likeness (QED) is 0.470. The van der Waals surface area contributed by atoms with Crippen LogP contribution in [0.1, 0.15) is 20.1 Å². The van der Waals surface area contributed by atoms with Crippen molar-refractivity contribution in [3.63, 3.8) is 0 Å². The third kappa shape index (κ3) is 3.04. The number of aliphatic hydroxyl groups excluding tert-OH is 3. The van der Waals surface area contributed by atoms with E-state index in [-0.39, 0.29) is 28.8 Å². The number of H-pyrrole nitrogens is 1. The van der Waals surface area contributed by atoms with Crippen LogP contribution in [0.2, 0.25) is 0 Å². The van der Waals surface area contributed by atoms with E-state index in [9.17, 15) is 24.9 Å². The van der Waals surface area contributed by atoms with Gasteiger partial charge in [-0.15, -0.1) is 0 Å². The Hall–Kier alpha value is -2.27. The van der Waals surface area contributed by atoms with Crippen molar-refractivity contribution in [3.8, 4) is 0 Å². The molecule has 0 saturated carbocycles. The number of nitrogens with zero attached hydrogens (tertiary/aromatic N) is 2. The number of aromatic amines is 1. The van der Waals surface area contributed by atoms with Gasteiger partial charge in [-0.05, 0) is 6.07 Å². The fraction of sp³-hybridized carbons (Fsp3) is 0.533. The molecular weight excluding hydrogens is 332 g/mol. The summed E-state index contributed by atoms with van der Waals surface area (Å²) in [5.74, 6) is -0.635. The maximum absolute atomic E-state index is 12.2. The molecule has 0 radical (unpaired) electrons. The molecule has 0 spiro atoms. The van der Waals surface area contributed by atoms with Crippen LogP contribution in [0.25, 0.3) is 11.0 Å². The monoisotopic (exact) mass is 352 g/mol. The number of rotatable bonds is 4. The van der Waals surface area contributed by atoms with Gasteiger partial charge < -0.3 is 24.6 Å². The second-order valence-electron chi connectivity index (χ2n) is 6.25. The van der Waals surface area contributed by atoms with Crippen LogP contribution in [0.15, 0.2) is 17.1 Å². The van der Waals surface area contributed by atoms with Gasteiger partial charge in [0, 0.05) is 12.1 Å². The molecular formula is C15H20N4O6. The van der Waals surface area contributed by atoms with Crippen LogP contribution >= 0.6 is 0 Å². The Morgan fingerprint density at radius 2 is 2.16 bits per heavy atom. The molecule has 1 amide bonds. The van der Waals surface area contributed by atoms with E-state index in [2.05, 4.69) is 15.3 Å². The Balaban J connectivity index is 2.01. The Kier molecular flexibility index (Phi) is 4.60. The molecule has 0 bridgehead atoms. The highest BCUT2D eigenvalue weighted by molar-refractivity contribution is 5.91. The van der Waals surface area contributed by atoms with E-state index in [4.69, 9.17) is 4.74 Å². The first-order chi connectivity index (χ1) is 11.8. The minimum absolute atomic E-state index is 0.0251. The van der Waals surface area contributed by atoms with Crippen LogP contribution in [0, 0.1) is 5.92 Å². The van der Waals surface area contributed by atoms with Gasteiger partial charge in [-0.25, -0.2) is 0 Å². The van der Waals surface area contributed by atoms with Gasteiger partial charge >= 0.3 is 0 Å². The lowest BCUT2D eigenvalue weighted by Crippen LogP contribution is -2.33.